The summed E-state index contributed by atoms with van der Waals surface area (Å²) in [5.41, 5.74) is -0.0759. The Balaban J connectivity index is 1.98. The SMILES string of the molecule is O=C(NCCn1cccc1)c1cc(F)c(F)cc1Cl. The molecule has 0 fully saturated rings. The predicted molar refractivity (Wildman–Crippen MR) is 68.1 cm³/mol. The minimum absolute atomic E-state index is 0.0759. The van der Waals surface area contributed by atoms with E-state index in [-0.39, 0.29) is 10.6 Å². The second-order valence-corrected chi connectivity index (χ2v) is 4.33. The van der Waals surface area contributed by atoms with Gasteiger partial charge in [0.25, 0.3) is 5.91 Å². The summed E-state index contributed by atoms with van der Waals surface area (Å²) < 4.78 is 27.8. The Hall–Kier alpha value is -1.88. The van der Waals surface area contributed by atoms with E-state index in [4.69, 9.17) is 11.6 Å². The van der Waals surface area contributed by atoms with Gasteiger partial charge >= 0.3 is 0 Å². The molecule has 0 aliphatic heterocycles. The van der Waals surface area contributed by atoms with Crippen LogP contribution in [0.4, 0.5) is 8.78 Å². The highest BCUT2D eigenvalue weighted by Gasteiger charge is 2.14. The van der Waals surface area contributed by atoms with Crippen LogP contribution in [0.1, 0.15) is 10.4 Å². The van der Waals surface area contributed by atoms with E-state index in [9.17, 15) is 13.6 Å². The molecule has 2 aromatic rings. The highest BCUT2D eigenvalue weighted by Crippen LogP contribution is 2.19. The molecule has 1 heterocycles. The number of carbonyl (C=O) groups excluding carboxylic acids is 1. The Morgan fingerprint density at radius 2 is 1.84 bits per heavy atom. The molecule has 0 saturated heterocycles. The summed E-state index contributed by atoms with van der Waals surface area (Å²) >= 11 is 5.70. The highest BCUT2D eigenvalue weighted by atomic mass is 35.5. The monoisotopic (exact) mass is 284 g/mol. The van der Waals surface area contributed by atoms with Gasteiger partial charge in [-0.15, -0.1) is 0 Å². The number of amides is 1. The zero-order chi connectivity index (χ0) is 13.8. The summed E-state index contributed by atoms with van der Waals surface area (Å²) in [4.78, 5) is 11.8. The molecule has 19 heavy (non-hydrogen) atoms. The molecule has 0 bridgehead atoms. The fourth-order valence-corrected chi connectivity index (χ4v) is 1.85. The van der Waals surface area contributed by atoms with Crippen LogP contribution in [-0.2, 0) is 6.54 Å². The number of benzene rings is 1. The number of rotatable bonds is 4. The van der Waals surface area contributed by atoms with Gasteiger partial charge in [-0.3, -0.25) is 4.79 Å². The first-order chi connectivity index (χ1) is 9.08. The van der Waals surface area contributed by atoms with Crippen LogP contribution < -0.4 is 5.32 Å². The van der Waals surface area contributed by atoms with E-state index >= 15 is 0 Å². The summed E-state index contributed by atoms with van der Waals surface area (Å²) in [5, 5.41) is 2.48. The lowest BCUT2D eigenvalue weighted by atomic mass is 10.2. The number of nitrogens with one attached hydrogen (secondary N) is 1. The quantitative estimate of drug-likeness (QED) is 0.861. The van der Waals surface area contributed by atoms with E-state index in [0.29, 0.717) is 13.1 Å². The molecule has 0 atom stereocenters. The van der Waals surface area contributed by atoms with Crippen molar-refractivity contribution in [1.29, 1.82) is 0 Å². The van der Waals surface area contributed by atoms with Crippen molar-refractivity contribution in [2.24, 2.45) is 0 Å². The standard InChI is InChI=1S/C13H11ClF2N2O/c14-10-8-12(16)11(15)7-9(10)13(19)17-3-6-18-4-1-2-5-18/h1-2,4-5,7-8H,3,6H2,(H,17,19). The summed E-state index contributed by atoms with van der Waals surface area (Å²) in [5.74, 6) is -2.70. The van der Waals surface area contributed by atoms with Crippen LogP contribution in [0.25, 0.3) is 0 Å². The maximum Gasteiger partial charge on any atom is 0.252 e. The molecule has 0 aliphatic carbocycles. The average Bonchev–Trinajstić information content (AvgIpc) is 2.86. The largest absolute Gasteiger partial charge is 0.353 e. The van der Waals surface area contributed by atoms with Crippen molar-refractivity contribution >= 4 is 17.5 Å². The van der Waals surface area contributed by atoms with Crippen molar-refractivity contribution in [3.05, 3.63) is 58.9 Å². The van der Waals surface area contributed by atoms with E-state index in [1.807, 2.05) is 29.1 Å². The predicted octanol–water partition coefficient (Wildman–Crippen LogP) is 2.85. The van der Waals surface area contributed by atoms with Gasteiger partial charge in [-0.05, 0) is 24.3 Å². The van der Waals surface area contributed by atoms with Crippen LogP contribution in [0.2, 0.25) is 5.02 Å². The van der Waals surface area contributed by atoms with Gasteiger partial charge in [0, 0.05) is 25.5 Å². The molecule has 3 nitrogen and oxygen atoms in total. The van der Waals surface area contributed by atoms with Crippen molar-refractivity contribution in [3.63, 3.8) is 0 Å². The van der Waals surface area contributed by atoms with Gasteiger partial charge in [0.1, 0.15) is 0 Å². The minimum Gasteiger partial charge on any atom is -0.353 e. The average molecular weight is 285 g/mol. The molecular weight excluding hydrogens is 274 g/mol. The molecular formula is C13H11ClF2N2O. The number of carbonyl (C=O) groups is 1. The summed E-state index contributed by atoms with van der Waals surface area (Å²) in [6.45, 7) is 0.947. The number of hydrogen-bond acceptors (Lipinski definition) is 1. The molecule has 0 spiro atoms. The molecule has 1 amide bonds. The van der Waals surface area contributed by atoms with E-state index in [1.54, 1.807) is 0 Å². The lowest BCUT2D eigenvalue weighted by Crippen LogP contribution is -2.27. The molecule has 1 aromatic carbocycles. The molecule has 2 rings (SSSR count). The third-order valence-corrected chi connectivity index (χ3v) is 2.89. The molecule has 0 unspecified atom stereocenters. The van der Waals surface area contributed by atoms with E-state index in [2.05, 4.69) is 5.32 Å². The zero-order valence-corrected chi connectivity index (χ0v) is 10.6. The van der Waals surface area contributed by atoms with Gasteiger partial charge in [-0.2, -0.15) is 0 Å². The summed E-state index contributed by atoms with van der Waals surface area (Å²) in [6, 6.07) is 5.32. The van der Waals surface area contributed by atoms with Crippen LogP contribution in [0.15, 0.2) is 36.7 Å². The molecule has 0 radical (unpaired) electrons. The Morgan fingerprint density at radius 3 is 2.53 bits per heavy atom. The Kier molecular flexibility index (Phi) is 4.16. The first-order valence-electron chi connectivity index (χ1n) is 5.61. The van der Waals surface area contributed by atoms with Gasteiger partial charge in [-0.1, -0.05) is 11.6 Å². The minimum atomic E-state index is -1.10. The second-order valence-electron chi connectivity index (χ2n) is 3.92. The van der Waals surface area contributed by atoms with Gasteiger partial charge in [0.15, 0.2) is 11.6 Å². The van der Waals surface area contributed by atoms with Crippen molar-refractivity contribution in [2.75, 3.05) is 6.54 Å². The van der Waals surface area contributed by atoms with E-state index in [1.165, 1.54) is 0 Å². The molecule has 0 saturated carbocycles. The van der Waals surface area contributed by atoms with Crippen LogP contribution in [0, 0.1) is 11.6 Å². The zero-order valence-electron chi connectivity index (χ0n) is 9.87. The molecule has 0 aliphatic rings. The van der Waals surface area contributed by atoms with Crippen molar-refractivity contribution in [2.45, 2.75) is 6.54 Å². The second kappa shape index (κ2) is 5.84. The number of nitrogens with zero attached hydrogens (tertiary/aromatic N) is 1. The number of aromatic nitrogens is 1. The molecule has 100 valence electrons. The van der Waals surface area contributed by atoms with Crippen LogP contribution in [-0.4, -0.2) is 17.0 Å². The highest BCUT2D eigenvalue weighted by molar-refractivity contribution is 6.33. The van der Waals surface area contributed by atoms with Gasteiger partial charge in [0.05, 0.1) is 10.6 Å². The maximum atomic E-state index is 13.0. The first kappa shape index (κ1) is 13.5. The van der Waals surface area contributed by atoms with Gasteiger partial charge in [0.2, 0.25) is 0 Å². The first-order valence-corrected chi connectivity index (χ1v) is 5.99. The Bertz CT molecular complexity index is 585. The maximum absolute atomic E-state index is 13.0. The van der Waals surface area contributed by atoms with Crippen molar-refractivity contribution in [1.82, 2.24) is 9.88 Å². The Labute approximate surface area is 113 Å². The molecule has 1 N–H and O–H groups in total. The smallest absolute Gasteiger partial charge is 0.252 e. The number of hydrogen-bond donors (Lipinski definition) is 1. The van der Waals surface area contributed by atoms with Gasteiger partial charge in [-0.25, -0.2) is 8.78 Å². The van der Waals surface area contributed by atoms with Crippen molar-refractivity contribution < 1.29 is 13.6 Å². The van der Waals surface area contributed by atoms with Crippen LogP contribution in [0.5, 0.6) is 0 Å². The third-order valence-electron chi connectivity index (χ3n) is 2.58. The van der Waals surface area contributed by atoms with E-state index in [0.717, 1.165) is 12.1 Å². The fourth-order valence-electron chi connectivity index (χ4n) is 1.61. The van der Waals surface area contributed by atoms with Crippen LogP contribution in [0.3, 0.4) is 0 Å². The Morgan fingerprint density at radius 1 is 1.21 bits per heavy atom. The normalized spacial score (nSPS) is 10.5. The third kappa shape index (κ3) is 3.32. The lowest BCUT2D eigenvalue weighted by Gasteiger charge is -2.08. The van der Waals surface area contributed by atoms with Crippen molar-refractivity contribution in [3.8, 4) is 0 Å². The molecule has 1 aromatic heterocycles. The lowest BCUT2D eigenvalue weighted by molar-refractivity contribution is 0.0952. The number of halogens is 3. The topological polar surface area (TPSA) is 34.0 Å². The molecule has 6 heteroatoms. The van der Waals surface area contributed by atoms with Gasteiger partial charge < -0.3 is 9.88 Å². The summed E-state index contributed by atoms with van der Waals surface area (Å²) in [7, 11) is 0. The summed E-state index contributed by atoms with van der Waals surface area (Å²) in [6.07, 6.45) is 3.72. The van der Waals surface area contributed by atoms with E-state index < -0.39 is 17.5 Å². The fraction of sp³-hybridized carbons (Fsp3) is 0.154. The van der Waals surface area contributed by atoms with Crippen LogP contribution >= 0.6 is 11.6 Å².